The number of pyridine rings is 2. The van der Waals surface area contributed by atoms with E-state index in [0.29, 0.717) is 17.9 Å². The maximum absolute atomic E-state index is 13.6. The molecule has 1 atom stereocenters. The van der Waals surface area contributed by atoms with Crippen LogP contribution in [0.2, 0.25) is 0 Å². The second-order valence-corrected chi connectivity index (χ2v) is 10.3. The van der Waals surface area contributed by atoms with Gasteiger partial charge in [0, 0.05) is 22.7 Å². The number of aromatic amines is 1. The lowest BCUT2D eigenvalue weighted by atomic mass is 9.85. The Morgan fingerprint density at radius 1 is 1.21 bits per heavy atom. The van der Waals surface area contributed by atoms with Crippen molar-refractivity contribution in [3.63, 3.8) is 0 Å². The minimum Gasteiger partial charge on any atom is -0.457 e. The van der Waals surface area contributed by atoms with Gasteiger partial charge in [-0.1, -0.05) is 25.1 Å². The first kappa shape index (κ1) is 24.3. The zero-order valence-electron chi connectivity index (χ0n) is 19.9. The number of benzene rings is 1. The number of carbonyl (C=O) groups excluding carboxylic acids is 2. The van der Waals surface area contributed by atoms with E-state index in [4.69, 9.17) is 14.5 Å². The maximum Gasteiger partial charge on any atom is 0.355 e. The van der Waals surface area contributed by atoms with Crippen LogP contribution in [0.3, 0.4) is 0 Å². The number of carbonyl (C=O) groups is 2. The van der Waals surface area contributed by atoms with Gasteiger partial charge in [-0.25, -0.2) is 14.6 Å². The van der Waals surface area contributed by atoms with Crippen LogP contribution in [0.15, 0.2) is 57.0 Å². The number of ether oxygens (including phenoxy) is 2. The van der Waals surface area contributed by atoms with Crippen LogP contribution >= 0.6 is 22.6 Å². The van der Waals surface area contributed by atoms with Gasteiger partial charge in [0.25, 0.3) is 11.1 Å². The molecule has 192 valence electrons. The minimum atomic E-state index is -1.89. The molecule has 0 bridgehead atoms. The summed E-state index contributed by atoms with van der Waals surface area (Å²) in [6.45, 7) is 1.14. The number of fused-ring (bicyclic) bond motifs is 5. The fraction of sp³-hybridized carbons (Fsp3) is 0.231. The fourth-order valence-electron chi connectivity index (χ4n) is 5.05. The number of H-pyrrole nitrogens is 1. The third-order valence-electron chi connectivity index (χ3n) is 6.94. The number of nitrogens with zero attached hydrogens (tertiary/aromatic N) is 3. The average molecular weight is 626 g/mol. The van der Waals surface area contributed by atoms with Crippen LogP contribution in [-0.4, -0.2) is 31.0 Å². The first-order valence-electron chi connectivity index (χ1n) is 11.8. The molecule has 0 fully saturated rings. The smallest absolute Gasteiger partial charge is 0.355 e. The summed E-state index contributed by atoms with van der Waals surface area (Å²) < 4.78 is 13.8. The zero-order chi connectivity index (χ0) is 26.8. The van der Waals surface area contributed by atoms with Crippen molar-refractivity contribution >= 4 is 45.4 Å². The van der Waals surface area contributed by atoms with Crippen LogP contribution < -0.4 is 16.8 Å². The molecule has 12 heteroatoms. The van der Waals surface area contributed by atoms with Crippen LogP contribution in [0.1, 0.15) is 30.0 Å². The molecule has 3 aromatic heterocycles. The van der Waals surface area contributed by atoms with Gasteiger partial charge < -0.3 is 14.0 Å². The van der Waals surface area contributed by atoms with Gasteiger partial charge in [0.05, 0.1) is 32.6 Å². The van der Waals surface area contributed by atoms with E-state index in [1.165, 1.54) is 6.20 Å². The number of hydrogen-bond donors (Lipinski definition) is 1. The number of cyclic esters (lactones) is 1. The average Bonchev–Trinajstić information content (AvgIpc) is 3.25. The summed E-state index contributed by atoms with van der Waals surface area (Å²) in [7, 11) is 0. The van der Waals surface area contributed by atoms with Crippen molar-refractivity contribution < 1.29 is 19.1 Å². The Labute approximate surface area is 227 Å². The minimum absolute atomic E-state index is 0.0104. The SMILES string of the molecule is CC[C@@]1(OC(=O)Cn2cc(I)c(=O)[nH]c2=O)C(=O)OCc2c1cc1n(c2=O)Cc2cc3ccccc3nc2-1. The van der Waals surface area contributed by atoms with Crippen molar-refractivity contribution in [3.8, 4) is 11.4 Å². The van der Waals surface area contributed by atoms with Crippen molar-refractivity contribution in [3.05, 3.63) is 94.0 Å². The first-order valence-corrected chi connectivity index (χ1v) is 12.8. The van der Waals surface area contributed by atoms with Crippen molar-refractivity contribution in [2.24, 2.45) is 0 Å². The van der Waals surface area contributed by atoms with Gasteiger partial charge >= 0.3 is 17.6 Å². The van der Waals surface area contributed by atoms with E-state index in [9.17, 15) is 24.0 Å². The number of esters is 2. The van der Waals surface area contributed by atoms with Crippen LogP contribution in [0.5, 0.6) is 0 Å². The van der Waals surface area contributed by atoms with Gasteiger partial charge in [-0.2, -0.15) is 0 Å². The molecule has 5 heterocycles. The summed E-state index contributed by atoms with van der Waals surface area (Å²) in [5, 5.41) is 0.944. The van der Waals surface area contributed by atoms with Gasteiger partial charge in [-0.3, -0.25) is 23.9 Å². The number of halogens is 1. The Morgan fingerprint density at radius 2 is 2.00 bits per heavy atom. The third-order valence-corrected chi connectivity index (χ3v) is 7.71. The predicted molar refractivity (Wildman–Crippen MR) is 142 cm³/mol. The number of aromatic nitrogens is 4. The predicted octanol–water partition coefficient (Wildman–Crippen LogP) is 1.79. The molecule has 0 spiro atoms. The molecular formula is C26H19IN4O7. The van der Waals surface area contributed by atoms with Crippen molar-refractivity contribution in [2.75, 3.05) is 0 Å². The first-order chi connectivity index (χ1) is 18.2. The number of nitrogens with one attached hydrogen (secondary N) is 1. The van der Waals surface area contributed by atoms with Crippen molar-refractivity contribution in [2.45, 2.75) is 38.6 Å². The Hall–Kier alpha value is -4.07. The number of rotatable bonds is 4. The quantitative estimate of drug-likeness (QED) is 0.235. The molecule has 0 saturated heterocycles. The Morgan fingerprint density at radius 3 is 2.79 bits per heavy atom. The summed E-state index contributed by atoms with van der Waals surface area (Å²) in [5.41, 5.74) is -0.396. The Bertz CT molecular complexity index is 1870. The summed E-state index contributed by atoms with van der Waals surface area (Å²) in [5.74, 6) is -1.72. The van der Waals surface area contributed by atoms with Crippen LogP contribution in [0.25, 0.3) is 22.3 Å². The second-order valence-electron chi connectivity index (χ2n) is 9.10. The molecule has 0 radical (unpaired) electrons. The fourth-order valence-corrected chi connectivity index (χ4v) is 5.52. The summed E-state index contributed by atoms with van der Waals surface area (Å²) in [4.78, 5) is 70.5. The largest absolute Gasteiger partial charge is 0.457 e. The second kappa shape index (κ2) is 8.75. The Kier molecular flexibility index (Phi) is 5.59. The molecule has 1 N–H and O–H groups in total. The van der Waals surface area contributed by atoms with Gasteiger partial charge in [0.1, 0.15) is 13.2 Å². The lowest BCUT2D eigenvalue weighted by Gasteiger charge is -2.35. The molecule has 0 unspecified atom stereocenters. The molecule has 0 amide bonds. The molecule has 11 nitrogen and oxygen atoms in total. The molecule has 4 aromatic rings. The molecule has 2 aliphatic heterocycles. The standard InChI is InChI=1S/C26H19IN4O7/c1-2-26(38-20(32)11-30-10-17(27)22(33)29-25(30)36)16-8-19-21-14(7-13-5-3-4-6-18(13)28-21)9-31(19)23(34)15(16)12-37-24(26)35/h3-8,10H,2,9,11-12H2,1H3,(H,29,33,36)/t26-/m0/s1. The van der Waals surface area contributed by atoms with Crippen molar-refractivity contribution in [1.82, 2.24) is 19.1 Å². The Balaban J connectivity index is 1.45. The van der Waals surface area contributed by atoms with Crippen LogP contribution in [0, 0.1) is 3.57 Å². The lowest BCUT2D eigenvalue weighted by Crippen LogP contribution is -2.48. The molecule has 0 aliphatic carbocycles. The third kappa shape index (κ3) is 3.61. The lowest BCUT2D eigenvalue weighted by molar-refractivity contribution is -0.190. The van der Waals surface area contributed by atoms with Gasteiger partial charge in [0.15, 0.2) is 0 Å². The van der Waals surface area contributed by atoms with E-state index in [2.05, 4.69) is 4.98 Å². The van der Waals surface area contributed by atoms with E-state index in [-0.39, 0.29) is 33.3 Å². The highest BCUT2D eigenvalue weighted by molar-refractivity contribution is 14.1. The zero-order valence-corrected chi connectivity index (χ0v) is 22.1. The molecule has 2 aliphatic rings. The van der Waals surface area contributed by atoms with Crippen LogP contribution in [0.4, 0.5) is 0 Å². The topological polar surface area (TPSA) is 142 Å². The summed E-state index contributed by atoms with van der Waals surface area (Å²) in [6, 6.07) is 11.3. The molecule has 6 rings (SSSR count). The number of para-hydroxylation sites is 1. The van der Waals surface area contributed by atoms with E-state index >= 15 is 0 Å². The maximum atomic E-state index is 13.6. The van der Waals surface area contributed by atoms with E-state index in [1.54, 1.807) is 40.1 Å². The van der Waals surface area contributed by atoms with Gasteiger partial charge in [-0.15, -0.1) is 0 Å². The van der Waals surface area contributed by atoms with Gasteiger partial charge in [0.2, 0.25) is 5.60 Å². The normalized spacial score (nSPS) is 17.5. The highest BCUT2D eigenvalue weighted by atomic mass is 127. The van der Waals surface area contributed by atoms with Crippen LogP contribution in [-0.2, 0) is 44.4 Å². The van der Waals surface area contributed by atoms with E-state index in [1.807, 2.05) is 30.3 Å². The molecule has 0 saturated carbocycles. The molecular weight excluding hydrogens is 607 g/mol. The molecule has 38 heavy (non-hydrogen) atoms. The highest BCUT2D eigenvalue weighted by Crippen LogP contribution is 2.41. The monoisotopic (exact) mass is 626 g/mol. The summed E-state index contributed by atoms with van der Waals surface area (Å²) >= 11 is 1.74. The number of hydrogen-bond acceptors (Lipinski definition) is 8. The molecule has 1 aromatic carbocycles. The van der Waals surface area contributed by atoms with E-state index < -0.39 is 35.3 Å². The summed E-state index contributed by atoms with van der Waals surface area (Å²) in [6.07, 6.45) is 1.21. The van der Waals surface area contributed by atoms with Crippen molar-refractivity contribution in [1.29, 1.82) is 0 Å². The van der Waals surface area contributed by atoms with E-state index in [0.717, 1.165) is 21.0 Å². The van der Waals surface area contributed by atoms with Gasteiger partial charge in [-0.05, 0) is 47.2 Å². The highest BCUT2D eigenvalue weighted by Gasteiger charge is 2.50.